The van der Waals surface area contributed by atoms with Crippen LogP contribution in [0.5, 0.6) is 0 Å². The van der Waals surface area contributed by atoms with Crippen LogP contribution in [0.25, 0.3) is 0 Å². The molecular formula is C27H30Cl2F3N5O5. The van der Waals surface area contributed by atoms with Crippen LogP contribution in [0.4, 0.5) is 13.2 Å². The van der Waals surface area contributed by atoms with Gasteiger partial charge >= 0.3 is 12.1 Å². The third kappa shape index (κ3) is 6.41. The first-order chi connectivity index (χ1) is 19.5. The van der Waals surface area contributed by atoms with E-state index in [1.165, 1.54) is 17.3 Å². The zero-order valence-electron chi connectivity index (χ0n) is 23.1. The molecule has 0 aromatic carbocycles. The van der Waals surface area contributed by atoms with E-state index in [0.717, 1.165) is 15.8 Å². The lowest BCUT2D eigenvalue weighted by molar-refractivity contribution is -0.147. The predicted molar refractivity (Wildman–Crippen MR) is 145 cm³/mol. The molecular weight excluding hydrogens is 602 g/mol. The highest BCUT2D eigenvalue weighted by Crippen LogP contribution is 2.39. The number of nitrogens with zero attached hydrogens (tertiary/aromatic N) is 5. The van der Waals surface area contributed by atoms with Crippen LogP contribution >= 0.6 is 23.2 Å². The highest BCUT2D eigenvalue weighted by atomic mass is 35.5. The molecule has 4 rings (SSSR count). The molecule has 0 spiro atoms. The average molecular weight is 632 g/mol. The van der Waals surface area contributed by atoms with Gasteiger partial charge in [0.05, 0.1) is 51.9 Å². The quantitative estimate of drug-likeness (QED) is 0.426. The summed E-state index contributed by atoms with van der Waals surface area (Å²) in [6, 6.07) is -1.52. The lowest BCUT2D eigenvalue weighted by Crippen LogP contribution is -2.64. The van der Waals surface area contributed by atoms with Crippen LogP contribution < -0.4 is 0 Å². The van der Waals surface area contributed by atoms with Crippen LogP contribution in [0.15, 0.2) is 18.6 Å². The van der Waals surface area contributed by atoms with Crippen LogP contribution in [0.1, 0.15) is 78.9 Å². The van der Waals surface area contributed by atoms with E-state index in [4.69, 9.17) is 23.2 Å². The number of halogens is 5. The third-order valence-corrected chi connectivity index (χ3v) is 8.20. The molecule has 228 valence electrons. The monoisotopic (exact) mass is 631 g/mol. The predicted octanol–water partition coefficient (Wildman–Crippen LogP) is 5.00. The molecule has 15 heteroatoms. The van der Waals surface area contributed by atoms with Crippen molar-refractivity contribution >= 4 is 46.8 Å². The molecule has 3 heterocycles. The zero-order chi connectivity index (χ0) is 31.1. The second-order valence-electron chi connectivity index (χ2n) is 11.6. The van der Waals surface area contributed by atoms with E-state index >= 15 is 0 Å². The van der Waals surface area contributed by atoms with Crippen molar-refractivity contribution in [3.8, 4) is 0 Å². The summed E-state index contributed by atoms with van der Waals surface area (Å²) >= 11 is 12.3. The van der Waals surface area contributed by atoms with E-state index in [1.807, 2.05) is 0 Å². The minimum Gasteiger partial charge on any atom is -0.481 e. The Balaban J connectivity index is 1.67. The van der Waals surface area contributed by atoms with E-state index in [2.05, 4.69) is 10.1 Å². The van der Waals surface area contributed by atoms with Crippen LogP contribution in [0.2, 0.25) is 10.0 Å². The first kappa shape index (κ1) is 31.7. The van der Waals surface area contributed by atoms with Crippen molar-refractivity contribution < 1.29 is 37.5 Å². The number of ketones is 1. The number of aliphatic carboxylic acids is 1. The van der Waals surface area contributed by atoms with Crippen LogP contribution in [0, 0.1) is 11.3 Å². The SMILES string of the molecule is CC(C)(C)C(=O)N1CC(N(CC(=O)c2c(Cl)cncc2Cl)C(=O)c2cnn([C@H]3CC[C@H](C(=O)O)CC3)c2C(F)(F)F)C1. The van der Waals surface area contributed by atoms with Crippen molar-refractivity contribution in [2.75, 3.05) is 19.6 Å². The molecule has 1 N–H and O–H groups in total. The van der Waals surface area contributed by atoms with Crippen molar-refractivity contribution in [2.24, 2.45) is 11.3 Å². The van der Waals surface area contributed by atoms with Gasteiger partial charge in [0.15, 0.2) is 11.5 Å². The van der Waals surface area contributed by atoms with Crippen molar-refractivity contribution in [3.05, 3.63) is 45.5 Å². The van der Waals surface area contributed by atoms with Crippen LogP contribution in [-0.4, -0.2) is 78.9 Å². The molecule has 0 radical (unpaired) electrons. The van der Waals surface area contributed by atoms with Gasteiger partial charge in [-0.2, -0.15) is 18.3 Å². The number of pyridine rings is 1. The van der Waals surface area contributed by atoms with Crippen molar-refractivity contribution in [1.29, 1.82) is 0 Å². The third-order valence-electron chi connectivity index (χ3n) is 7.63. The summed E-state index contributed by atoms with van der Waals surface area (Å²) in [5, 5.41) is 13.0. The highest BCUT2D eigenvalue weighted by molar-refractivity contribution is 6.39. The molecule has 1 saturated heterocycles. The maximum Gasteiger partial charge on any atom is 0.433 e. The Kier molecular flexibility index (Phi) is 8.94. The Bertz CT molecular complexity index is 1370. The molecule has 2 fully saturated rings. The Morgan fingerprint density at radius 1 is 1.00 bits per heavy atom. The highest BCUT2D eigenvalue weighted by Gasteiger charge is 2.46. The van der Waals surface area contributed by atoms with Gasteiger partial charge in [0.1, 0.15) is 0 Å². The number of aromatic nitrogens is 3. The number of alkyl halides is 3. The second-order valence-corrected chi connectivity index (χ2v) is 12.5. The van der Waals surface area contributed by atoms with Crippen molar-refractivity contribution in [1.82, 2.24) is 24.6 Å². The minimum absolute atomic E-state index is 0.0155. The molecule has 2 aliphatic rings. The number of hydrogen-bond acceptors (Lipinski definition) is 6. The summed E-state index contributed by atoms with van der Waals surface area (Å²) < 4.78 is 44.2. The molecule has 1 aliphatic heterocycles. The summed E-state index contributed by atoms with van der Waals surface area (Å²) in [4.78, 5) is 57.5. The van der Waals surface area contributed by atoms with E-state index in [9.17, 15) is 37.5 Å². The number of hydrogen-bond donors (Lipinski definition) is 1. The van der Waals surface area contributed by atoms with E-state index < -0.39 is 65.1 Å². The Labute approximate surface area is 249 Å². The molecule has 0 bridgehead atoms. The maximum absolute atomic E-state index is 14.5. The molecule has 1 aliphatic carbocycles. The first-order valence-electron chi connectivity index (χ1n) is 13.3. The van der Waals surface area contributed by atoms with Gasteiger partial charge in [-0.05, 0) is 25.7 Å². The second kappa shape index (κ2) is 11.8. The van der Waals surface area contributed by atoms with E-state index in [-0.39, 0.29) is 60.3 Å². The molecule has 2 aromatic rings. The Morgan fingerprint density at radius 3 is 2.07 bits per heavy atom. The van der Waals surface area contributed by atoms with Gasteiger partial charge in [-0.25, -0.2) is 0 Å². The number of carboxylic acid groups (broad SMARTS) is 1. The molecule has 1 saturated carbocycles. The fourth-order valence-electron chi connectivity index (χ4n) is 5.37. The van der Waals surface area contributed by atoms with Gasteiger partial charge in [-0.15, -0.1) is 0 Å². The summed E-state index contributed by atoms with van der Waals surface area (Å²) in [5.74, 6) is -3.67. The van der Waals surface area contributed by atoms with Crippen molar-refractivity contribution in [3.63, 3.8) is 0 Å². The van der Waals surface area contributed by atoms with Gasteiger partial charge in [-0.3, -0.25) is 28.8 Å². The molecule has 2 amide bonds. The van der Waals surface area contributed by atoms with Crippen molar-refractivity contribution in [2.45, 2.75) is 64.7 Å². The number of carbonyl (C=O) groups is 4. The van der Waals surface area contributed by atoms with Gasteiger partial charge in [0.2, 0.25) is 5.91 Å². The Hall–Kier alpha value is -3.19. The number of carboxylic acids is 1. The Morgan fingerprint density at radius 2 is 1.57 bits per heavy atom. The number of likely N-dealkylation sites (tertiary alicyclic amines) is 1. The molecule has 0 unspecified atom stereocenters. The lowest BCUT2D eigenvalue weighted by Gasteiger charge is -2.47. The molecule has 0 atom stereocenters. The average Bonchev–Trinajstić information content (AvgIpc) is 3.32. The number of rotatable bonds is 7. The zero-order valence-corrected chi connectivity index (χ0v) is 24.6. The first-order valence-corrected chi connectivity index (χ1v) is 14.1. The smallest absolute Gasteiger partial charge is 0.433 e. The van der Waals surface area contributed by atoms with E-state index in [1.54, 1.807) is 20.8 Å². The van der Waals surface area contributed by atoms with Gasteiger partial charge in [0.25, 0.3) is 5.91 Å². The lowest BCUT2D eigenvalue weighted by atomic mass is 9.86. The fourth-order valence-corrected chi connectivity index (χ4v) is 5.95. The number of amides is 2. The molecule has 10 nitrogen and oxygen atoms in total. The molecule has 42 heavy (non-hydrogen) atoms. The van der Waals surface area contributed by atoms with E-state index in [0.29, 0.717) is 0 Å². The summed E-state index contributed by atoms with van der Waals surface area (Å²) in [7, 11) is 0. The van der Waals surface area contributed by atoms with Gasteiger partial charge in [-0.1, -0.05) is 44.0 Å². The summed E-state index contributed by atoms with van der Waals surface area (Å²) in [6.07, 6.45) is -1.15. The summed E-state index contributed by atoms with van der Waals surface area (Å²) in [6.45, 7) is 4.53. The maximum atomic E-state index is 14.5. The van der Waals surface area contributed by atoms with Gasteiger partial charge < -0.3 is 14.9 Å². The van der Waals surface area contributed by atoms with Crippen LogP contribution in [0.3, 0.4) is 0 Å². The van der Waals surface area contributed by atoms with Gasteiger partial charge in [0, 0.05) is 30.9 Å². The number of carbonyl (C=O) groups excluding carboxylic acids is 3. The topological polar surface area (TPSA) is 126 Å². The minimum atomic E-state index is -4.98. The number of Topliss-reactive ketones (excluding diaryl/α,β-unsaturated/α-hetero) is 1. The summed E-state index contributed by atoms with van der Waals surface area (Å²) in [5.41, 5.74) is -2.87. The normalized spacial score (nSPS) is 19.8. The fraction of sp³-hybridized carbons (Fsp3) is 0.556. The van der Waals surface area contributed by atoms with Crippen LogP contribution in [-0.2, 0) is 15.8 Å². The largest absolute Gasteiger partial charge is 0.481 e. The molecule has 2 aromatic heterocycles. The standard InChI is InChI=1S/C27H30Cl2F3N5O5/c1-26(2,3)25(42)35-11-16(12-35)36(13-20(38)21-18(28)9-33-10-19(21)29)23(39)17-8-34-37(22(17)27(30,31)32)15-6-4-14(5-7-15)24(40)41/h8-10,14-16H,4-7,11-13H2,1-3H3,(H,40,41)/t14-,15-.